The average Bonchev–Trinajstić information content (AvgIpc) is 3.36. The second-order valence-electron chi connectivity index (χ2n) is 7.39. The van der Waals surface area contributed by atoms with Crippen LogP contribution in [0.4, 0.5) is 5.69 Å². The number of nitrogens with zero attached hydrogens (tertiary/aromatic N) is 3. The van der Waals surface area contributed by atoms with Gasteiger partial charge in [-0.15, -0.1) is 0 Å². The zero-order valence-electron chi connectivity index (χ0n) is 16.6. The minimum absolute atomic E-state index is 0.0984. The number of ether oxygens (including phenoxy) is 1. The summed E-state index contributed by atoms with van der Waals surface area (Å²) in [5.41, 5.74) is 1.26. The van der Waals surface area contributed by atoms with Crippen molar-refractivity contribution in [3.05, 3.63) is 35.7 Å². The van der Waals surface area contributed by atoms with Crippen LogP contribution in [0, 0.1) is 0 Å². The maximum absolute atomic E-state index is 13.4. The molecule has 2 aliphatic rings. The summed E-state index contributed by atoms with van der Waals surface area (Å²) >= 11 is 0. The first-order valence-corrected chi connectivity index (χ1v) is 11.4. The number of carbonyl (C=O) groups excluding carboxylic acids is 1. The molecule has 0 saturated carbocycles. The summed E-state index contributed by atoms with van der Waals surface area (Å²) in [6.45, 7) is 4.76. The number of hydrogen-bond acceptors (Lipinski definition) is 6. The van der Waals surface area contributed by atoms with Crippen molar-refractivity contribution in [2.75, 3.05) is 24.6 Å². The van der Waals surface area contributed by atoms with Gasteiger partial charge in [-0.05, 0) is 31.4 Å². The van der Waals surface area contributed by atoms with E-state index in [0.29, 0.717) is 43.2 Å². The minimum Gasteiger partial charge on any atom is -0.489 e. The molecule has 29 heavy (non-hydrogen) atoms. The van der Waals surface area contributed by atoms with Crippen LogP contribution in [-0.4, -0.2) is 43.5 Å². The summed E-state index contributed by atoms with van der Waals surface area (Å²) in [6, 6.07) is 6.23. The first kappa shape index (κ1) is 19.9. The lowest BCUT2D eigenvalue weighted by molar-refractivity contribution is -0.116. The van der Waals surface area contributed by atoms with E-state index in [4.69, 9.17) is 9.26 Å². The van der Waals surface area contributed by atoms with Crippen LogP contribution in [0.2, 0.25) is 0 Å². The van der Waals surface area contributed by atoms with E-state index in [2.05, 4.69) is 12.1 Å². The molecule has 3 heterocycles. The Morgan fingerprint density at radius 3 is 2.86 bits per heavy atom. The third-order valence-corrected chi connectivity index (χ3v) is 7.30. The Bertz CT molecular complexity index is 1020. The number of benzene rings is 1. The molecule has 1 aromatic heterocycles. The Labute approximate surface area is 170 Å². The van der Waals surface area contributed by atoms with Crippen molar-refractivity contribution in [1.29, 1.82) is 0 Å². The highest BCUT2D eigenvalue weighted by Crippen LogP contribution is 2.39. The van der Waals surface area contributed by atoms with Crippen molar-refractivity contribution in [1.82, 2.24) is 9.46 Å². The van der Waals surface area contributed by atoms with Crippen LogP contribution in [0.15, 0.2) is 33.7 Å². The van der Waals surface area contributed by atoms with Crippen LogP contribution < -0.4 is 9.64 Å². The summed E-state index contributed by atoms with van der Waals surface area (Å²) in [6.07, 6.45) is 3.19. The van der Waals surface area contributed by atoms with E-state index < -0.39 is 10.0 Å². The monoisotopic (exact) mass is 419 g/mol. The van der Waals surface area contributed by atoms with Crippen LogP contribution in [-0.2, 0) is 21.2 Å². The highest BCUT2D eigenvalue weighted by molar-refractivity contribution is 7.89. The highest BCUT2D eigenvalue weighted by Gasteiger charge is 2.38. The summed E-state index contributed by atoms with van der Waals surface area (Å²) in [4.78, 5) is 13.6. The predicted molar refractivity (Wildman–Crippen MR) is 106 cm³/mol. The van der Waals surface area contributed by atoms with Gasteiger partial charge in [0.2, 0.25) is 15.9 Å². The molecule has 8 nitrogen and oxygen atoms in total. The zero-order chi connectivity index (χ0) is 20.6. The average molecular weight is 420 g/mol. The van der Waals surface area contributed by atoms with Crippen LogP contribution in [0.3, 0.4) is 0 Å². The van der Waals surface area contributed by atoms with Crippen LogP contribution in [0.25, 0.3) is 0 Å². The smallest absolute Gasteiger partial charge is 0.243 e. The first-order chi connectivity index (χ1) is 13.9. The molecule has 0 spiro atoms. The number of hydrogen-bond donors (Lipinski definition) is 0. The van der Waals surface area contributed by atoms with Crippen LogP contribution in [0.1, 0.15) is 50.6 Å². The summed E-state index contributed by atoms with van der Waals surface area (Å²) < 4.78 is 39.3. The second kappa shape index (κ2) is 7.79. The molecule has 4 rings (SSSR count). The number of anilines is 1. The molecular formula is C20H25N3O5S. The molecule has 0 bridgehead atoms. The molecule has 1 fully saturated rings. The van der Waals surface area contributed by atoms with Gasteiger partial charge in [0.05, 0.1) is 23.2 Å². The van der Waals surface area contributed by atoms with Crippen molar-refractivity contribution in [2.24, 2.45) is 0 Å². The minimum atomic E-state index is -3.74. The van der Waals surface area contributed by atoms with Gasteiger partial charge in [0.15, 0.2) is 0 Å². The Kier molecular flexibility index (Phi) is 5.35. The lowest BCUT2D eigenvalue weighted by Crippen LogP contribution is -2.36. The molecule has 1 saturated heterocycles. The van der Waals surface area contributed by atoms with E-state index in [-0.39, 0.29) is 16.8 Å². The van der Waals surface area contributed by atoms with Gasteiger partial charge in [-0.25, -0.2) is 8.42 Å². The second-order valence-corrected chi connectivity index (χ2v) is 9.28. The molecule has 156 valence electrons. The predicted octanol–water partition coefficient (Wildman–Crippen LogP) is 2.90. The van der Waals surface area contributed by atoms with E-state index in [0.717, 1.165) is 25.0 Å². The van der Waals surface area contributed by atoms with Crippen molar-refractivity contribution >= 4 is 21.6 Å². The maximum Gasteiger partial charge on any atom is 0.243 e. The Hall–Kier alpha value is -2.39. The third-order valence-electron chi connectivity index (χ3n) is 5.40. The number of amides is 1. The van der Waals surface area contributed by atoms with Crippen LogP contribution >= 0.6 is 0 Å². The zero-order valence-corrected chi connectivity index (χ0v) is 17.4. The van der Waals surface area contributed by atoms with Gasteiger partial charge in [-0.1, -0.05) is 12.1 Å². The van der Waals surface area contributed by atoms with Crippen molar-refractivity contribution in [3.63, 3.8) is 0 Å². The molecular weight excluding hydrogens is 394 g/mol. The molecule has 9 heteroatoms. The van der Waals surface area contributed by atoms with Gasteiger partial charge in [0.1, 0.15) is 23.8 Å². The van der Waals surface area contributed by atoms with Gasteiger partial charge in [-0.2, -0.15) is 4.31 Å². The number of sulfonamides is 1. The van der Waals surface area contributed by atoms with E-state index in [9.17, 15) is 13.2 Å². The summed E-state index contributed by atoms with van der Waals surface area (Å²) in [7, 11) is -3.74. The fourth-order valence-electron chi connectivity index (χ4n) is 4.00. The molecule has 0 N–H and O–H groups in total. The summed E-state index contributed by atoms with van der Waals surface area (Å²) in [5, 5.41) is 4.12. The van der Waals surface area contributed by atoms with Gasteiger partial charge >= 0.3 is 0 Å². The number of aryl methyl sites for hydroxylation is 1. The summed E-state index contributed by atoms with van der Waals surface area (Å²) in [5.74, 6) is 1.09. The number of carbonyl (C=O) groups is 1. The molecule has 2 aliphatic heterocycles. The number of fused-ring (bicyclic) bond motifs is 1. The lowest BCUT2D eigenvalue weighted by atomic mass is 10.1. The highest BCUT2D eigenvalue weighted by atomic mass is 32.2. The first-order valence-electron chi connectivity index (χ1n) is 9.94. The number of rotatable bonds is 5. The third kappa shape index (κ3) is 3.64. The molecule has 2 aromatic rings. The quantitative estimate of drug-likeness (QED) is 0.740. The van der Waals surface area contributed by atoms with Crippen molar-refractivity contribution in [2.45, 2.75) is 50.5 Å². The molecule has 1 atom stereocenters. The van der Waals surface area contributed by atoms with E-state index >= 15 is 0 Å². The van der Waals surface area contributed by atoms with Crippen molar-refractivity contribution < 1.29 is 22.5 Å². The normalized spacial score (nSPS) is 19.8. The van der Waals surface area contributed by atoms with Crippen LogP contribution in [0.5, 0.6) is 5.75 Å². The standard InChI is InChI=1S/C20H25N3O5S/c1-3-5-15-12-17(21-28-15)18-6-4-9-23(18)29(25,26)16-7-8-19-20(13-16)27-11-10-22(19)14(2)24/h7-8,12-13,18H,3-6,9-11H2,1-2H3/t18-/m0/s1. The maximum atomic E-state index is 13.4. The van der Waals surface area contributed by atoms with Gasteiger partial charge in [-0.3, -0.25) is 4.79 Å². The molecule has 0 radical (unpaired) electrons. The Balaban J connectivity index is 1.64. The SMILES string of the molecule is CCCc1cc([C@@H]2CCCN2S(=O)(=O)c2ccc3c(c2)OCCN3C(C)=O)no1. The lowest BCUT2D eigenvalue weighted by Gasteiger charge is -2.29. The fourth-order valence-corrected chi connectivity index (χ4v) is 5.68. The fraction of sp³-hybridized carbons (Fsp3) is 0.500. The Morgan fingerprint density at radius 2 is 2.10 bits per heavy atom. The molecule has 1 amide bonds. The molecule has 1 aromatic carbocycles. The molecule has 0 unspecified atom stereocenters. The van der Waals surface area contributed by atoms with Crippen molar-refractivity contribution in [3.8, 4) is 5.75 Å². The molecule has 0 aliphatic carbocycles. The largest absolute Gasteiger partial charge is 0.489 e. The number of aromatic nitrogens is 1. The van der Waals surface area contributed by atoms with E-state index in [1.807, 2.05) is 6.07 Å². The topological polar surface area (TPSA) is 93.0 Å². The van der Waals surface area contributed by atoms with E-state index in [1.165, 1.54) is 17.3 Å². The van der Waals surface area contributed by atoms with Gasteiger partial charge in [0, 0.05) is 32.0 Å². The Morgan fingerprint density at radius 1 is 1.28 bits per heavy atom. The van der Waals surface area contributed by atoms with Gasteiger partial charge in [0.25, 0.3) is 0 Å². The van der Waals surface area contributed by atoms with E-state index in [1.54, 1.807) is 17.0 Å². The van der Waals surface area contributed by atoms with Gasteiger partial charge < -0.3 is 14.2 Å².